The van der Waals surface area contributed by atoms with E-state index >= 15 is 0 Å². The van der Waals surface area contributed by atoms with E-state index < -0.39 is 0 Å². The Morgan fingerprint density at radius 2 is 1.89 bits per heavy atom. The molecule has 0 aliphatic heterocycles. The van der Waals surface area contributed by atoms with Crippen LogP contribution in [0.3, 0.4) is 0 Å². The van der Waals surface area contributed by atoms with E-state index in [1.807, 2.05) is 6.07 Å². The summed E-state index contributed by atoms with van der Waals surface area (Å²) >= 11 is 17.5. The van der Waals surface area contributed by atoms with Crippen LogP contribution in [0.15, 0.2) is 29.1 Å². The average Bonchev–Trinajstić information content (AvgIpc) is 2.28. The minimum Gasteiger partial charge on any atom is -0.292 e. The third kappa shape index (κ3) is 2.86. The molecular formula is C12H9Cl3N2O. The summed E-state index contributed by atoms with van der Waals surface area (Å²) in [4.78, 5) is 15.8. The maximum absolute atomic E-state index is 11.8. The summed E-state index contributed by atoms with van der Waals surface area (Å²) in [6.07, 6.45) is 0. The molecule has 1 heterocycles. The summed E-state index contributed by atoms with van der Waals surface area (Å²) in [5, 5.41) is 1.14. The van der Waals surface area contributed by atoms with Crippen molar-refractivity contribution >= 4 is 34.8 Å². The Balaban J connectivity index is 2.40. The third-order valence-electron chi connectivity index (χ3n) is 2.49. The lowest BCUT2D eigenvalue weighted by Gasteiger charge is -2.09. The molecule has 94 valence electrons. The topological polar surface area (TPSA) is 34.9 Å². The molecule has 0 bridgehead atoms. The van der Waals surface area contributed by atoms with Crippen LogP contribution in [0.2, 0.25) is 15.2 Å². The highest BCUT2D eigenvalue weighted by Gasteiger charge is 2.06. The standard InChI is InChI=1S/C12H9Cl3N2O/c1-7-16-11(15)5-12(18)17(7)6-8-2-3-9(13)10(14)4-8/h2-5H,6H2,1H3. The van der Waals surface area contributed by atoms with Gasteiger partial charge in [0.1, 0.15) is 11.0 Å². The second-order valence-corrected chi connectivity index (χ2v) is 5.00. The fourth-order valence-corrected chi connectivity index (χ4v) is 2.14. The largest absolute Gasteiger partial charge is 0.292 e. The lowest BCUT2D eigenvalue weighted by atomic mass is 10.2. The second-order valence-electron chi connectivity index (χ2n) is 3.80. The molecule has 0 spiro atoms. The van der Waals surface area contributed by atoms with Gasteiger partial charge in [-0.2, -0.15) is 0 Å². The molecule has 0 radical (unpaired) electrons. The maximum Gasteiger partial charge on any atom is 0.255 e. The number of benzene rings is 1. The van der Waals surface area contributed by atoms with Crippen LogP contribution >= 0.6 is 34.8 Å². The van der Waals surface area contributed by atoms with Crippen LogP contribution in [0.25, 0.3) is 0 Å². The van der Waals surface area contributed by atoms with Crippen LogP contribution in [-0.4, -0.2) is 9.55 Å². The molecule has 0 unspecified atom stereocenters. The summed E-state index contributed by atoms with van der Waals surface area (Å²) in [7, 11) is 0. The van der Waals surface area contributed by atoms with Crippen LogP contribution in [0.4, 0.5) is 0 Å². The van der Waals surface area contributed by atoms with Gasteiger partial charge in [-0.1, -0.05) is 40.9 Å². The lowest BCUT2D eigenvalue weighted by Crippen LogP contribution is -2.23. The summed E-state index contributed by atoms with van der Waals surface area (Å²) in [5.41, 5.74) is 0.678. The molecule has 18 heavy (non-hydrogen) atoms. The first kappa shape index (κ1) is 13.4. The molecule has 3 nitrogen and oxygen atoms in total. The van der Waals surface area contributed by atoms with Crippen LogP contribution in [0.5, 0.6) is 0 Å². The number of hydrogen-bond donors (Lipinski definition) is 0. The van der Waals surface area contributed by atoms with Crippen molar-refractivity contribution in [3.63, 3.8) is 0 Å². The fraction of sp³-hybridized carbons (Fsp3) is 0.167. The molecule has 0 fully saturated rings. The summed E-state index contributed by atoms with van der Waals surface area (Å²) in [6, 6.07) is 6.52. The molecule has 0 amide bonds. The van der Waals surface area contributed by atoms with Gasteiger partial charge in [0.15, 0.2) is 0 Å². The highest BCUT2D eigenvalue weighted by Crippen LogP contribution is 2.22. The van der Waals surface area contributed by atoms with Gasteiger partial charge in [-0.15, -0.1) is 0 Å². The quantitative estimate of drug-likeness (QED) is 0.795. The van der Waals surface area contributed by atoms with Crippen molar-refractivity contribution in [1.29, 1.82) is 0 Å². The molecule has 0 aliphatic rings. The van der Waals surface area contributed by atoms with Gasteiger partial charge in [-0.25, -0.2) is 4.98 Å². The number of aromatic nitrogens is 2. The molecule has 0 saturated carbocycles. The fourth-order valence-electron chi connectivity index (χ4n) is 1.60. The van der Waals surface area contributed by atoms with E-state index in [1.54, 1.807) is 19.1 Å². The number of rotatable bonds is 2. The number of halogens is 3. The Morgan fingerprint density at radius 3 is 2.50 bits per heavy atom. The summed E-state index contributed by atoms with van der Waals surface area (Å²) in [5.74, 6) is 0.554. The first-order chi connectivity index (χ1) is 8.47. The molecule has 1 aromatic carbocycles. The zero-order chi connectivity index (χ0) is 13.3. The van der Waals surface area contributed by atoms with Crippen molar-refractivity contribution in [1.82, 2.24) is 9.55 Å². The predicted octanol–water partition coefficient (Wildman–Crippen LogP) is 3.56. The van der Waals surface area contributed by atoms with Gasteiger partial charge in [0.05, 0.1) is 16.6 Å². The van der Waals surface area contributed by atoms with Crippen molar-refractivity contribution in [2.75, 3.05) is 0 Å². The molecular weight excluding hydrogens is 295 g/mol. The molecule has 6 heteroatoms. The average molecular weight is 304 g/mol. The monoisotopic (exact) mass is 302 g/mol. The number of hydrogen-bond acceptors (Lipinski definition) is 2. The van der Waals surface area contributed by atoms with E-state index in [2.05, 4.69) is 4.98 Å². The first-order valence-corrected chi connectivity index (χ1v) is 6.28. The van der Waals surface area contributed by atoms with Gasteiger partial charge in [-0.05, 0) is 24.6 Å². The van der Waals surface area contributed by atoms with Crippen LogP contribution < -0.4 is 5.56 Å². The van der Waals surface area contributed by atoms with E-state index in [0.29, 0.717) is 22.4 Å². The lowest BCUT2D eigenvalue weighted by molar-refractivity contribution is 0.700. The highest BCUT2D eigenvalue weighted by molar-refractivity contribution is 6.42. The number of aryl methyl sites for hydroxylation is 1. The molecule has 0 N–H and O–H groups in total. The summed E-state index contributed by atoms with van der Waals surface area (Å²) in [6.45, 7) is 2.11. The molecule has 2 rings (SSSR count). The van der Waals surface area contributed by atoms with E-state index in [4.69, 9.17) is 34.8 Å². The van der Waals surface area contributed by atoms with Gasteiger partial charge in [0.2, 0.25) is 0 Å². The second kappa shape index (κ2) is 5.31. The Labute approximate surface area is 119 Å². The van der Waals surface area contributed by atoms with Crippen molar-refractivity contribution in [2.45, 2.75) is 13.5 Å². The molecule has 1 aromatic heterocycles. The van der Waals surface area contributed by atoms with Gasteiger partial charge >= 0.3 is 0 Å². The van der Waals surface area contributed by atoms with Gasteiger partial charge in [-0.3, -0.25) is 9.36 Å². The normalized spacial score (nSPS) is 10.7. The Kier molecular flexibility index (Phi) is 3.95. The Bertz CT molecular complexity index is 652. The van der Waals surface area contributed by atoms with E-state index in [9.17, 15) is 4.79 Å². The first-order valence-electron chi connectivity index (χ1n) is 5.15. The zero-order valence-corrected chi connectivity index (χ0v) is 11.7. The maximum atomic E-state index is 11.8. The van der Waals surface area contributed by atoms with E-state index in [-0.39, 0.29) is 10.7 Å². The van der Waals surface area contributed by atoms with Crippen LogP contribution in [0.1, 0.15) is 11.4 Å². The molecule has 2 aromatic rings. The van der Waals surface area contributed by atoms with Gasteiger partial charge in [0.25, 0.3) is 5.56 Å². The Morgan fingerprint density at radius 1 is 1.17 bits per heavy atom. The molecule has 0 saturated heterocycles. The highest BCUT2D eigenvalue weighted by atomic mass is 35.5. The van der Waals surface area contributed by atoms with Crippen LogP contribution in [-0.2, 0) is 6.54 Å². The SMILES string of the molecule is Cc1nc(Cl)cc(=O)n1Cc1ccc(Cl)c(Cl)c1. The minimum absolute atomic E-state index is 0.196. The van der Waals surface area contributed by atoms with Crippen molar-refractivity contribution in [3.05, 3.63) is 61.2 Å². The van der Waals surface area contributed by atoms with E-state index in [1.165, 1.54) is 10.6 Å². The van der Waals surface area contributed by atoms with Gasteiger partial charge < -0.3 is 0 Å². The molecule has 0 aliphatic carbocycles. The minimum atomic E-state index is -0.196. The zero-order valence-electron chi connectivity index (χ0n) is 9.45. The van der Waals surface area contributed by atoms with Crippen molar-refractivity contribution < 1.29 is 0 Å². The molecule has 0 atom stereocenters. The van der Waals surface area contributed by atoms with Crippen molar-refractivity contribution in [2.24, 2.45) is 0 Å². The summed E-state index contributed by atoms with van der Waals surface area (Å²) < 4.78 is 1.52. The van der Waals surface area contributed by atoms with E-state index in [0.717, 1.165) is 5.56 Å². The Hall–Kier alpha value is -1.03. The smallest absolute Gasteiger partial charge is 0.255 e. The van der Waals surface area contributed by atoms with Crippen molar-refractivity contribution in [3.8, 4) is 0 Å². The predicted molar refractivity (Wildman–Crippen MR) is 73.8 cm³/mol. The van der Waals surface area contributed by atoms with Crippen LogP contribution in [0, 0.1) is 6.92 Å². The van der Waals surface area contributed by atoms with Gasteiger partial charge in [0, 0.05) is 6.07 Å². The number of nitrogens with zero attached hydrogens (tertiary/aromatic N) is 2. The third-order valence-corrected chi connectivity index (χ3v) is 3.43.